The Kier molecular flexibility index (Phi) is 3.97. The van der Waals surface area contributed by atoms with Crippen LogP contribution in [0.2, 0.25) is 0 Å². The molecule has 0 saturated heterocycles. The first-order chi connectivity index (χ1) is 9.36. The summed E-state index contributed by atoms with van der Waals surface area (Å²) in [6.45, 7) is 0. The fraction of sp³-hybridized carbons (Fsp3) is 0.375. The molecule has 0 spiro atoms. The van der Waals surface area contributed by atoms with Gasteiger partial charge in [0.1, 0.15) is 0 Å². The van der Waals surface area contributed by atoms with Crippen molar-refractivity contribution in [1.82, 2.24) is 5.43 Å². The third-order valence-electron chi connectivity index (χ3n) is 3.87. The molecule has 3 N–H and O–H groups in total. The van der Waals surface area contributed by atoms with E-state index in [1.165, 1.54) is 29.7 Å². The monoisotopic (exact) mass is 272 g/mol. The van der Waals surface area contributed by atoms with Gasteiger partial charge >= 0.3 is 0 Å². The summed E-state index contributed by atoms with van der Waals surface area (Å²) in [5.41, 5.74) is 5.92. The van der Waals surface area contributed by atoms with Crippen LogP contribution in [0.25, 0.3) is 0 Å². The molecular weight excluding hydrogens is 252 g/mol. The maximum absolute atomic E-state index is 5.74. The molecule has 100 valence electrons. The van der Waals surface area contributed by atoms with Gasteiger partial charge in [0.2, 0.25) is 0 Å². The first-order valence-corrected chi connectivity index (χ1v) is 7.80. The minimum Gasteiger partial charge on any atom is -0.271 e. The van der Waals surface area contributed by atoms with Gasteiger partial charge in [-0.3, -0.25) is 11.3 Å². The zero-order valence-corrected chi connectivity index (χ0v) is 11.9. The molecule has 0 bridgehead atoms. The molecule has 0 fully saturated rings. The summed E-state index contributed by atoms with van der Waals surface area (Å²) in [5.74, 6) is 5.74. The molecule has 0 radical (unpaired) electrons. The zero-order chi connectivity index (χ0) is 13.1. The third-order valence-corrected chi connectivity index (χ3v) is 5.23. The Labute approximate surface area is 118 Å². The molecule has 0 amide bonds. The summed E-state index contributed by atoms with van der Waals surface area (Å²) in [6, 6.07) is 13.3. The number of thiophene rings is 1. The van der Waals surface area contributed by atoms with E-state index in [1.807, 2.05) is 11.3 Å². The van der Waals surface area contributed by atoms with E-state index in [-0.39, 0.29) is 6.04 Å². The number of benzene rings is 1. The van der Waals surface area contributed by atoms with E-state index < -0.39 is 0 Å². The lowest BCUT2D eigenvalue weighted by molar-refractivity contribution is 0.524. The van der Waals surface area contributed by atoms with Crippen LogP contribution >= 0.6 is 11.3 Å². The molecule has 2 aromatic rings. The zero-order valence-electron chi connectivity index (χ0n) is 11.1. The fourth-order valence-electron chi connectivity index (χ4n) is 2.79. The summed E-state index contributed by atoms with van der Waals surface area (Å²) >= 11 is 1.95. The van der Waals surface area contributed by atoms with Crippen molar-refractivity contribution in [2.45, 2.75) is 38.1 Å². The Morgan fingerprint density at radius 1 is 1.21 bits per heavy atom. The number of aryl methyl sites for hydroxylation is 3. The number of hydrazine groups is 1. The van der Waals surface area contributed by atoms with E-state index in [0.29, 0.717) is 0 Å². The van der Waals surface area contributed by atoms with Crippen LogP contribution < -0.4 is 11.3 Å². The van der Waals surface area contributed by atoms with Gasteiger partial charge in [0, 0.05) is 9.75 Å². The van der Waals surface area contributed by atoms with Crippen LogP contribution in [0.4, 0.5) is 0 Å². The van der Waals surface area contributed by atoms with Crippen molar-refractivity contribution >= 4 is 11.3 Å². The average molecular weight is 272 g/mol. The van der Waals surface area contributed by atoms with Gasteiger partial charge in [-0.25, -0.2) is 0 Å². The first kappa shape index (κ1) is 12.9. The molecule has 1 aromatic carbocycles. The van der Waals surface area contributed by atoms with Crippen molar-refractivity contribution in [3.05, 3.63) is 57.3 Å². The Morgan fingerprint density at radius 2 is 2.05 bits per heavy atom. The van der Waals surface area contributed by atoms with Crippen LogP contribution in [0.5, 0.6) is 0 Å². The fourth-order valence-corrected chi connectivity index (χ4v) is 4.14. The largest absolute Gasteiger partial charge is 0.271 e. The Bertz CT molecular complexity index is 511. The van der Waals surface area contributed by atoms with E-state index in [0.717, 1.165) is 12.8 Å². The molecule has 19 heavy (non-hydrogen) atoms. The molecule has 3 heteroatoms. The lowest BCUT2D eigenvalue weighted by Gasteiger charge is -2.14. The van der Waals surface area contributed by atoms with E-state index in [4.69, 9.17) is 5.84 Å². The predicted molar refractivity (Wildman–Crippen MR) is 81.2 cm³/mol. The van der Waals surface area contributed by atoms with E-state index >= 15 is 0 Å². The summed E-state index contributed by atoms with van der Waals surface area (Å²) in [6.07, 6.45) is 5.96. The second-order valence-corrected chi connectivity index (χ2v) is 6.36. The number of hydrogen-bond donors (Lipinski definition) is 2. The smallest absolute Gasteiger partial charge is 0.0556 e. The van der Waals surface area contributed by atoms with Crippen LogP contribution in [0.15, 0.2) is 36.4 Å². The highest BCUT2D eigenvalue weighted by atomic mass is 32.1. The highest BCUT2D eigenvalue weighted by Gasteiger charge is 2.19. The second-order valence-electron chi connectivity index (χ2n) is 5.19. The van der Waals surface area contributed by atoms with Gasteiger partial charge < -0.3 is 0 Å². The predicted octanol–water partition coefficient (Wildman–Crippen LogP) is 3.37. The molecule has 1 aliphatic rings. The van der Waals surface area contributed by atoms with Crippen molar-refractivity contribution in [3.8, 4) is 0 Å². The Hall–Kier alpha value is -1.16. The highest BCUT2D eigenvalue weighted by Crippen LogP contribution is 2.34. The lowest BCUT2D eigenvalue weighted by Crippen LogP contribution is -2.27. The standard InChI is InChI=1S/C16H20N2S/c17-18-14(10-9-12-5-2-1-3-6-12)16-11-13-7-4-8-15(13)19-16/h1-3,5-6,11,14,18H,4,7-10,17H2. The molecule has 1 aromatic heterocycles. The van der Waals surface area contributed by atoms with Gasteiger partial charge in [-0.05, 0) is 49.3 Å². The topological polar surface area (TPSA) is 38.0 Å². The van der Waals surface area contributed by atoms with E-state index in [9.17, 15) is 0 Å². The lowest BCUT2D eigenvalue weighted by atomic mass is 10.0. The Balaban J connectivity index is 1.67. The molecule has 3 rings (SSSR count). The highest BCUT2D eigenvalue weighted by molar-refractivity contribution is 7.12. The summed E-state index contributed by atoms with van der Waals surface area (Å²) in [7, 11) is 0. The van der Waals surface area contributed by atoms with Crippen LogP contribution in [0.1, 0.15) is 39.8 Å². The summed E-state index contributed by atoms with van der Waals surface area (Å²) in [5, 5.41) is 0. The van der Waals surface area contributed by atoms with Crippen molar-refractivity contribution < 1.29 is 0 Å². The third kappa shape index (κ3) is 2.89. The van der Waals surface area contributed by atoms with Gasteiger partial charge in [-0.1, -0.05) is 30.3 Å². The molecule has 0 saturated carbocycles. The second kappa shape index (κ2) is 5.87. The minimum atomic E-state index is 0.288. The van der Waals surface area contributed by atoms with Gasteiger partial charge in [-0.2, -0.15) is 0 Å². The molecule has 1 atom stereocenters. The number of hydrogen-bond acceptors (Lipinski definition) is 3. The van der Waals surface area contributed by atoms with E-state index in [1.54, 1.807) is 10.4 Å². The van der Waals surface area contributed by atoms with Crippen molar-refractivity contribution in [2.75, 3.05) is 0 Å². The normalized spacial score (nSPS) is 15.4. The number of nitrogens with two attached hydrogens (primary N) is 1. The Morgan fingerprint density at radius 3 is 2.79 bits per heavy atom. The van der Waals surface area contributed by atoms with Crippen molar-refractivity contribution in [3.63, 3.8) is 0 Å². The van der Waals surface area contributed by atoms with Crippen LogP contribution in [-0.2, 0) is 19.3 Å². The molecular formula is C16H20N2S. The van der Waals surface area contributed by atoms with Gasteiger partial charge in [0.15, 0.2) is 0 Å². The molecule has 0 aliphatic heterocycles. The maximum Gasteiger partial charge on any atom is 0.0556 e. The van der Waals surface area contributed by atoms with Crippen molar-refractivity contribution in [2.24, 2.45) is 5.84 Å². The van der Waals surface area contributed by atoms with Crippen LogP contribution in [0.3, 0.4) is 0 Å². The first-order valence-electron chi connectivity index (χ1n) is 6.98. The quantitative estimate of drug-likeness (QED) is 0.647. The number of nitrogens with one attached hydrogen (secondary N) is 1. The molecule has 1 heterocycles. The van der Waals surface area contributed by atoms with Crippen LogP contribution in [0, 0.1) is 0 Å². The van der Waals surface area contributed by atoms with Gasteiger partial charge in [0.25, 0.3) is 0 Å². The van der Waals surface area contributed by atoms with Crippen molar-refractivity contribution in [1.29, 1.82) is 0 Å². The summed E-state index contributed by atoms with van der Waals surface area (Å²) < 4.78 is 0. The maximum atomic E-state index is 5.74. The van der Waals surface area contributed by atoms with Gasteiger partial charge in [0.05, 0.1) is 6.04 Å². The SMILES string of the molecule is NNC(CCc1ccccc1)c1cc2c(s1)CCC2. The number of rotatable bonds is 5. The van der Waals surface area contributed by atoms with E-state index in [2.05, 4.69) is 41.8 Å². The van der Waals surface area contributed by atoms with Crippen LogP contribution in [-0.4, -0.2) is 0 Å². The van der Waals surface area contributed by atoms with Gasteiger partial charge in [-0.15, -0.1) is 11.3 Å². The average Bonchev–Trinajstić information content (AvgIpc) is 3.02. The molecule has 1 unspecified atom stereocenters. The number of fused-ring (bicyclic) bond motifs is 1. The molecule has 2 nitrogen and oxygen atoms in total. The molecule has 1 aliphatic carbocycles. The summed E-state index contributed by atoms with van der Waals surface area (Å²) in [4.78, 5) is 2.98. The minimum absolute atomic E-state index is 0.288.